The van der Waals surface area contributed by atoms with Crippen LogP contribution in [0.15, 0.2) is 59.2 Å². The number of ether oxygens (including phenoxy) is 1. The summed E-state index contributed by atoms with van der Waals surface area (Å²) >= 11 is 5.88. The Bertz CT molecular complexity index is 755. The van der Waals surface area contributed by atoms with Crippen LogP contribution in [0, 0.1) is 6.92 Å². The van der Waals surface area contributed by atoms with E-state index < -0.39 is 0 Å². The third kappa shape index (κ3) is 5.89. The van der Waals surface area contributed by atoms with Gasteiger partial charge in [-0.2, -0.15) is 5.10 Å². The van der Waals surface area contributed by atoms with Crippen molar-refractivity contribution in [3.05, 3.63) is 70.3 Å². The number of nitrogens with one attached hydrogen (secondary N) is 1. The number of hydrogen-bond donors (Lipinski definition) is 1. The second-order valence-electron chi connectivity index (χ2n) is 5.29. The molecule has 0 unspecified atom stereocenters. The molecular weight excluding hydrogens is 324 g/mol. The molecule has 0 spiro atoms. The first kappa shape index (κ1) is 17.8. The highest BCUT2D eigenvalue weighted by Crippen LogP contribution is 2.21. The second kappa shape index (κ2) is 8.89. The average molecular weight is 343 g/mol. The molecule has 24 heavy (non-hydrogen) atoms. The van der Waals surface area contributed by atoms with E-state index in [-0.39, 0.29) is 12.5 Å². The number of carbonyl (C=O) groups excluding carboxylic acids is 1. The standard InChI is InChI=1S/C19H19ClN2O2/c1-14(10-16-6-4-3-5-7-16)12-21-22-19(23)13-24-18-9-8-17(20)11-15(18)2/h3-12H,13H2,1-2H3,(H,22,23). The predicted octanol–water partition coefficient (Wildman–Crippen LogP) is 4.23. The number of nitrogens with zero attached hydrogens (tertiary/aromatic N) is 1. The second-order valence-corrected chi connectivity index (χ2v) is 5.73. The van der Waals surface area contributed by atoms with Gasteiger partial charge in [-0.05, 0) is 48.7 Å². The molecule has 0 bridgehead atoms. The summed E-state index contributed by atoms with van der Waals surface area (Å²) in [6.07, 6.45) is 3.57. The molecule has 0 saturated heterocycles. The van der Waals surface area contributed by atoms with Crippen LogP contribution in [0.1, 0.15) is 18.1 Å². The molecule has 2 aromatic carbocycles. The molecule has 2 aromatic rings. The number of benzene rings is 2. The molecule has 124 valence electrons. The minimum Gasteiger partial charge on any atom is -0.483 e. The van der Waals surface area contributed by atoms with Gasteiger partial charge in [-0.3, -0.25) is 4.79 Å². The summed E-state index contributed by atoms with van der Waals surface area (Å²) in [7, 11) is 0. The van der Waals surface area contributed by atoms with Gasteiger partial charge in [-0.15, -0.1) is 0 Å². The minimum atomic E-state index is -0.326. The van der Waals surface area contributed by atoms with Gasteiger partial charge in [0.2, 0.25) is 0 Å². The molecular formula is C19H19ClN2O2. The summed E-state index contributed by atoms with van der Waals surface area (Å²) in [6, 6.07) is 15.1. The SMILES string of the molecule is CC(C=NNC(=O)COc1ccc(Cl)cc1C)=Cc1ccccc1. The van der Waals surface area contributed by atoms with Crippen molar-refractivity contribution in [3.63, 3.8) is 0 Å². The molecule has 1 N–H and O–H groups in total. The van der Waals surface area contributed by atoms with E-state index in [1.165, 1.54) is 0 Å². The molecule has 0 saturated carbocycles. The smallest absolute Gasteiger partial charge is 0.277 e. The first-order valence-corrected chi connectivity index (χ1v) is 7.86. The normalized spacial score (nSPS) is 11.5. The molecule has 4 nitrogen and oxygen atoms in total. The van der Waals surface area contributed by atoms with E-state index in [2.05, 4.69) is 10.5 Å². The molecule has 0 aliphatic rings. The highest BCUT2D eigenvalue weighted by molar-refractivity contribution is 6.30. The van der Waals surface area contributed by atoms with Gasteiger partial charge in [-0.1, -0.05) is 48.0 Å². The summed E-state index contributed by atoms with van der Waals surface area (Å²) in [5, 5.41) is 4.56. The maximum atomic E-state index is 11.7. The number of aryl methyl sites for hydroxylation is 1. The fraction of sp³-hybridized carbons (Fsp3) is 0.158. The monoisotopic (exact) mass is 342 g/mol. The Morgan fingerprint density at radius 3 is 2.71 bits per heavy atom. The fourth-order valence-electron chi connectivity index (χ4n) is 2.01. The van der Waals surface area contributed by atoms with Gasteiger partial charge in [0, 0.05) is 5.02 Å². The lowest BCUT2D eigenvalue weighted by Gasteiger charge is -2.08. The van der Waals surface area contributed by atoms with Crippen molar-refractivity contribution in [2.75, 3.05) is 6.61 Å². The molecule has 0 atom stereocenters. The highest BCUT2D eigenvalue weighted by atomic mass is 35.5. The number of carbonyl (C=O) groups is 1. The Morgan fingerprint density at radius 1 is 1.25 bits per heavy atom. The summed E-state index contributed by atoms with van der Waals surface area (Å²) < 4.78 is 5.45. The fourth-order valence-corrected chi connectivity index (χ4v) is 2.23. The van der Waals surface area contributed by atoms with Gasteiger partial charge >= 0.3 is 0 Å². The molecule has 0 aromatic heterocycles. The van der Waals surface area contributed by atoms with Crippen LogP contribution in [0.3, 0.4) is 0 Å². The lowest BCUT2D eigenvalue weighted by atomic mass is 10.1. The lowest BCUT2D eigenvalue weighted by Crippen LogP contribution is -2.24. The van der Waals surface area contributed by atoms with Crippen molar-refractivity contribution in [1.29, 1.82) is 0 Å². The van der Waals surface area contributed by atoms with Crippen LogP contribution < -0.4 is 10.2 Å². The average Bonchev–Trinajstić information content (AvgIpc) is 2.55. The van der Waals surface area contributed by atoms with Gasteiger partial charge in [0.15, 0.2) is 6.61 Å². The molecule has 0 heterocycles. The van der Waals surface area contributed by atoms with E-state index in [0.29, 0.717) is 10.8 Å². The topological polar surface area (TPSA) is 50.7 Å². The van der Waals surface area contributed by atoms with E-state index >= 15 is 0 Å². The number of hydrazone groups is 1. The van der Waals surface area contributed by atoms with E-state index in [4.69, 9.17) is 16.3 Å². The molecule has 5 heteroatoms. The quantitative estimate of drug-likeness (QED) is 0.630. The number of halogens is 1. The van der Waals surface area contributed by atoms with E-state index in [1.54, 1.807) is 24.4 Å². The van der Waals surface area contributed by atoms with Crippen molar-refractivity contribution >= 4 is 29.8 Å². The van der Waals surface area contributed by atoms with Crippen LogP contribution in [0.5, 0.6) is 5.75 Å². The van der Waals surface area contributed by atoms with Gasteiger partial charge < -0.3 is 4.74 Å². The third-order valence-electron chi connectivity index (χ3n) is 3.15. The maximum absolute atomic E-state index is 11.7. The largest absolute Gasteiger partial charge is 0.483 e. The van der Waals surface area contributed by atoms with Crippen LogP contribution in [0.4, 0.5) is 0 Å². The van der Waals surface area contributed by atoms with Crippen molar-refractivity contribution in [2.24, 2.45) is 5.10 Å². The Labute approximate surface area is 146 Å². The lowest BCUT2D eigenvalue weighted by molar-refractivity contribution is -0.123. The van der Waals surface area contributed by atoms with Crippen molar-refractivity contribution < 1.29 is 9.53 Å². The Balaban J connectivity index is 1.81. The van der Waals surface area contributed by atoms with Gasteiger partial charge in [-0.25, -0.2) is 5.43 Å². The van der Waals surface area contributed by atoms with Gasteiger partial charge in [0.05, 0.1) is 6.21 Å². The molecule has 0 aliphatic carbocycles. The molecule has 2 rings (SSSR count). The number of rotatable bonds is 6. The minimum absolute atomic E-state index is 0.110. The van der Waals surface area contributed by atoms with Crippen molar-refractivity contribution in [3.8, 4) is 5.75 Å². The number of amides is 1. The molecule has 0 radical (unpaired) electrons. The highest BCUT2D eigenvalue weighted by Gasteiger charge is 2.04. The van der Waals surface area contributed by atoms with E-state index in [0.717, 1.165) is 16.7 Å². The maximum Gasteiger partial charge on any atom is 0.277 e. The van der Waals surface area contributed by atoms with E-state index in [1.807, 2.05) is 50.3 Å². The number of hydrogen-bond acceptors (Lipinski definition) is 3. The van der Waals surface area contributed by atoms with E-state index in [9.17, 15) is 4.79 Å². The molecule has 0 aliphatic heterocycles. The van der Waals surface area contributed by atoms with Crippen LogP contribution in [0.25, 0.3) is 6.08 Å². The van der Waals surface area contributed by atoms with Crippen LogP contribution in [-0.2, 0) is 4.79 Å². The van der Waals surface area contributed by atoms with Crippen LogP contribution >= 0.6 is 11.6 Å². The first-order valence-electron chi connectivity index (χ1n) is 7.49. The van der Waals surface area contributed by atoms with Gasteiger partial charge in [0.1, 0.15) is 5.75 Å². The van der Waals surface area contributed by atoms with Crippen molar-refractivity contribution in [1.82, 2.24) is 5.43 Å². The third-order valence-corrected chi connectivity index (χ3v) is 3.38. The summed E-state index contributed by atoms with van der Waals surface area (Å²) in [5.74, 6) is 0.298. The zero-order valence-electron chi connectivity index (χ0n) is 13.6. The molecule has 1 amide bonds. The zero-order chi connectivity index (χ0) is 17.4. The van der Waals surface area contributed by atoms with Crippen LogP contribution in [-0.4, -0.2) is 18.7 Å². The number of allylic oxidation sites excluding steroid dienone is 1. The zero-order valence-corrected chi connectivity index (χ0v) is 14.4. The summed E-state index contributed by atoms with van der Waals surface area (Å²) in [6.45, 7) is 3.67. The van der Waals surface area contributed by atoms with Crippen LogP contribution in [0.2, 0.25) is 5.02 Å². The Morgan fingerprint density at radius 2 is 2.00 bits per heavy atom. The Kier molecular flexibility index (Phi) is 6.58. The molecule has 0 fully saturated rings. The Hall–Kier alpha value is -2.59. The predicted molar refractivity (Wildman–Crippen MR) is 98.4 cm³/mol. The first-order chi connectivity index (χ1) is 11.5. The van der Waals surface area contributed by atoms with Gasteiger partial charge in [0.25, 0.3) is 5.91 Å². The summed E-state index contributed by atoms with van der Waals surface area (Å²) in [5.41, 5.74) is 5.32. The summed E-state index contributed by atoms with van der Waals surface area (Å²) in [4.78, 5) is 11.7. The van der Waals surface area contributed by atoms with Crippen molar-refractivity contribution in [2.45, 2.75) is 13.8 Å².